The fourth-order valence-corrected chi connectivity index (χ4v) is 5.46. The number of carbonyl (C=O) groups excluding carboxylic acids is 1. The third kappa shape index (κ3) is 3.36. The summed E-state index contributed by atoms with van der Waals surface area (Å²) in [7, 11) is 2.18. The summed E-state index contributed by atoms with van der Waals surface area (Å²) < 4.78 is 2.25. The number of aromatic nitrogens is 4. The van der Waals surface area contributed by atoms with Crippen LogP contribution in [0.4, 0.5) is 5.13 Å². The molecule has 0 unspecified atom stereocenters. The van der Waals surface area contributed by atoms with Crippen molar-refractivity contribution in [2.24, 2.45) is 0 Å². The van der Waals surface area contributed by atoms with Gasteiger partial charge in [-0.25, -0.2) is 4.98 Å². The van der Waals surface area contributed by atoms with Crippen molar-refractivity contribution in [3.8, 4) is 21.8 Å². The molecule has 0 saturated carbocycles. The van der Waals surface area contributed by atoms with Crippen LogP contribution in [-0.4, -0.2) is 50.7 Å². The van der Waals surface area contributed by atoms with Crippen LogP contribution in [0.15, 0.2) is 24.5 Å². The maximum Gasteiger partial charge on any atom is 0.223 e. The number of nitrogens with zero attached hydrogens (tertiary/aromatic N) is 5. The minimum absolute atomic E-state index is 0.0869. The Bertz CT molecular complexity index is 1050. The van der Waals surface area contributed by atoms with E-state index in [4.69, 9.17) is 10.1 Å². The Balaban J connectivity index is 1.65. The number of amides is 1. The number of fused-ring (bicyclic) bond motifs is 3. The van der Waals surface area contributed by atoms with Gasteiger partial charge in [0.05, 0.1) is 28.0 Å². The van der Waals surface area contributed by atoms with E-state index in [1.165, 1.54) is 18.2 Å². The van der Waals surface area contributed by atoms with E-state index >= 15 is 0 Å². The first-order valence-electron chi connectivity index (χ1n) is 10.1. The lowest BCUT2D eigenvalue weighted by molar-refractivity contribution is -0.114. The average molecular weight is 409 g/mol. The summed E-state index contributed by atoms with van der Waals surface area (Å²) in [5, 5.41) is 8.66. The Morgan fingerprint density at radius 2 is 2.10 bits per heavy atom. The summed E-state index contributed by atoms with van der Waals surface area (Å²) in [6.45, 7) is 3.68. The molecular formula is C21H24N6OS. The van der Waals surface area contributed by atoms with E-state index in [1.807, 2.05) is 12.3 Å². The molecular weight excluding hydrogens is 384 g/mol. The van der Waals surface area contributed by atoms with Crippen molar-refractivity contribution >= 4 is 22.4 Å². The Morgan fingerprint density at radius 1 is 1.28 bits per heavy atom. The SMILES string of the molecule is CC(=O)Nc1nc2c(s1)-c1c(c(-c3cccnc3)nn1C1CCN(C)CC1)CC2. The van der Waals surface area contributed by atoms with Gasteiger partial charge in [0.25, 0.3) is 0 Å². The summed E-state index contributed by atoms with van der Waals surface area (Å²) >= 11 is 1.56. The molecule has 0 spiro atoms. The highest BCUT2D eigenvalue weighted by atomic mass is 32.1. The van der Waals surface area contributed by atoms with Crippen molar-refractivity contribution in [1.29, 1.82) is 0 Å². The molecule has 2 aliphatic rings. The number of anilines is 1. The fraction of sp³-hybridized carbons (Fsp3) is 0.429. The first kappa shape index (κ1) is 18.4. The molecule has 8 heteroatoms. The molecule has 1 saturated heterocycles. The van der Waals surface area contributed by atoms with Crippen molar-refractivity contribution in [2.45, 2.75) is 38.6 Å². The van der Waals surface area contributed by atoms with E-state index in [9.17, 15) is 4.79 Å². The van der Waals surface area contributed by atoms with Crippen molar-refractivity contribution < 1.29 is 4.79 Å². The number of thiazole rings is 1. The van der Waals surface area contributed by atoms with E-state index < -0.39 is 0 Å². The summed E-state index contributed by atoms with van der Waals surface area (Å²) in [5.41, 5.74) is 5.63. The third-order valence-corrected chi connectivity index (χ3v) is 6.80. The van der Waals surface area contributed by atoms with Gasteiger partial charge in [0.15, 0.2) is 5.13 Å². The number of hydrogen-bond donors (Lipinski definition) is 1. The number of carbonyl (C=O) groups is 1. The molecule has 0 bridgehead atoms. The van der Waals surface area contributed by atoms with Crippen LogP contribution in [0.5, 0.6) is 0 Å². The van der Waals surface area contributed by atoms with Gasteiger partial charge >= 0.3 is 0 Å². The standard InChI is InChI=1S/C21H24N6OS/c1-13(28)23-21-24-17-6-5-16-18(14-4-3-9-22-12-14)25-27(19(16)20(17)29-21)15-7-10-26(2)11-8-15/h3-4,9,12,15H,5-8,10-11H2,1-2H3,(H,23,24,28). The van der Waals surface area contributed by atoms with Crippen LogP contribution < -0.4 is 5.32 Å². The molecule has 0 atom stereocenters. The minimum Gasteiger partial charge on any atom is -0.306 e. The van der Waals surface area contributed by atoms with Crippen LogP contribution in [0.2, 0.25) is 0 Å². The van der Waals surface area contributed by atoms with Crippen LogP contribution in [0, 0.1) is 0 Å². The summed E-state index contributed by atoms with van der Waals surface area (Å²) in [6.07, 6.45) is 7.64. The van der Waals surface area contributed by atoms with E-state index in [1.54, 1.807) is 17.5 Å². The van der Waals surface area contributed by atoms with Gasteiger partial charge in [-0.2, -0.15) is 5.10 Å². The van der Waals surface area contributed by atoms with Crippen LogP contribution in [0.1, 0.15) is 37.1 Å². The molecule has 3 aromatic rings. The van der Waals surface area contributed by atoms with Crippen LogP contribution >= 0.6 is 11.3 Å². The number of pyridine rings is 1. The van der Waals surface area contributed by atoms with Crippen molar-refractivity contribution in [3.63, 3.8) is 0 Å². The predicted molar refractivity (Wildman–Crippen MR) is 114 cm³/mol. The Hall–Kier alpha value is -2.58. The number of nitrogens with one attached hydrogen (secondary N) is 1. The van der Waals surface area contributed by atoms with Crippen molar-refractivity contribution in [2.75, 3.05) is 25.5 Å². The highest BCUT2D eigenvalue weighted by Gasteiger charge is 2.32. The van der Waals surface area contributed by atoms with Crippen molar-refractivity contribution in [1.82, 2.24) is 24.6 Å². The topological polar surface area (TPSA) is 75.9 Å². The second-order valence-corrected chi connectivity index (χ2v) is 8.87. The summed E-state index contributed by atoms with van der Waals surface area (Å²) in [4.78, 5) is 24.1. The minimum atomic E-state index is -0.0869. The summed E-state index contributed by atoms with van der Waals surface area (Å²) in [6, 6.07) is 4.42. The first-order chi connectivity index (χ1) is 14.1. The van der Waals surface area contributed by atoms with Gasteiger partial charge in [-0.15, -0.1) is 0 Å². The lowest BCUT2D eigenvalue weighted by atomic mass is 9.95. The zero-order chi connectivity index (χ0) is 20.0. The number of hydrogen-bond acceptors (Lipinski definition) is 6. The Morgan fingerprint density at radius 3 is 2.83 bits per heavy atom. The van der Waals surface area contributed by atoms with E-state index in [0.717, 1.165) is 60.6 Å². The van der Waals surface area contributed by atoms with Gasteiger partial charge in [0, 0.05) is 30.4 Å². The van der Waals surface area contributed by atoms with Gasteiger partial charge in [-0.3, -0.25) is 14.5 Å². The second-order valence-electron chi connectivity index (χ2n) is 7.87. The molecule has 29 heavy (non-hydrogen) atoms. The number of rotatable bonds is 3. The smallest absolute Gasteiger partial charge is 0.223 e. The molecule has 150 valence electrons. The summed E-state index contributed by atoms with van der Waals surface area (Å²) in [5.74, 6) is -0.0869. The van der Waals surface area contributed by atoms with Crippen LogP contribution in [0.25, 0.3) is 21.8 Å². The zero-order valence-electron chi connectivity index (χ0n) is 16.7. The molecule has 0 aromatic carbocycles. The van der Waals surface area contributed by atoms with Crippen molar-refractivity contribution in [3.05, 3.63) is 35.8 Å². The first-order valence-corrected chi connectivity index (χ1v) is 10.9. The lowest BCUT2D eigenvalue weighted by Gasteiger charge is -2.30. The Labute approximate surface area is 173 Å². The molecule has 1 aliphatic heterocycles. The number of piperidine rings is 1. The van der Waals surface area contributed by atoms with Gasteiger partial charge in [-0.1, -0.05) is 11.3 Å². The number of aryl methyl sites for hydroxylation is 1. The molecule has 4 heterocycles. The molecule has 3 aromatic heterocycles. The van der Waals surface area contributed by atoms with Gasteiger partial charge < -0.3 is 10.2 Å². The molecule has 1 aliphatic carbocycles. The second kappa shape index (κ2) is 7.35. The highest BCUT2D eigenvalue weighted by molar-refractivity contribution is 7.19. The van der Waals surface area contributed by atoms with Crippen LogP contribution in [0.3, 0.4) is 0 Å². The Kier molecular flexibility index (Phi) is 4.67. The monoisotopic (exact) mass is 408 g/mol. The molecule has 1 amide bonds. The maximum absolute atomic E-state index is 11.5. The molecule has 1 fully saturated rings. The zero-order valence-corrected chi connectivity index (χ0v) is 17.5. The quantitative estimate of drug-likeness (QED) is 0.719. The lowest BCUT2D eigenvalue weighted by Crippen LogP contribution is -2.32. The van der Waals surface area contributed by atoms with E-state index in [-0.39, 0.29) is 5.91 Å². The maximum atomic E-state index is 11.5. The fourth-order valence-electron chi connectivity index (χ4n) is 4.34. The average Bonchev–Trinajstić information content (AvgIpc) is 3.29. The van der Waals surface area contributed by atoms with Crippen LogP contribution in [-0.2, 0) is 17.6 Å². The molecule has 5 rings (SSSR count). The number of likely N-dealkylation sites (tertiary alicyclic amines) is 1. The molecule has 1 N–H and O–H groups in total. The normalized spacial score (nSPS) is 17.0. The van der Waals surface area contributed by atoms with Gasteiger partial charge in [0.2, 0.25) is 5.91 Å². The third-order valence-electron chi connectivity index (χ3n) is 5.78. The van der Waals surface area contributed by atoms with E-state index in [2.05, 4.69) is 33.0 Å². The van der Waals surface area contributed by atoms with Gasteiger partial charge in [-0.05, 0) is 58.0 Å². The molecule has 0 radical (unpaired) electrons. The van der Waals surface area contributed by atoms with Gasteiger partial charge in [0.1, 0.15) is 0 Å². The van der Waals surface area contributed by atoms with E-state index in [0.29, 0.717) is 11.2 Å². The highest BCUT2D eigenvalue weighted by Crippen LogP contribution is 2.45. The predicted octanol–water partition coefficient (Wildman–Crippen LogP) is 3.39. The molecule has 7 nitrogen and oxygen atoms in total. The largest absolute Gasteiger partial charge is 0.306 e.